The Morgan fingerprint density at radius 1 is 1.00 bits per heavy atom. The number of pyridine rings is 1. The molecule has 1 aromatic heterocycles. The Bertz CT molecular complexity index is 1180. The summed E-state index contributed by atoms with van der Waals surface area (Å²) < 4.78 is 2.28. The molecular weight excluding hydrogens is 364 g/mol. The molecule has 3 aromatic rings. The van der Waals surface area contributed by atoms with Crippen LogP contribution in [0.4, 0.5) is 5.69 Å². The number of hydrogen-bond donors (Lipinski definition) is 0. The molecule has 0 aliphatic carbocycles. The monoisotopic (exact) mass is 393 g/mol. The molecule has 0 N–H and O–H groups in total. The molecule has 30 heavy (non-hydrogen) atoms. The van der Waals surface area contributed by atoms with Gasteiger partial charge in [-0.25, -0.2) is 0 Å². The van der Waals surface area contributed by atoms with Gasteiger partial charge in [-0.15, -0.1) is 0 Å². The van der Waals surface area contributed by atoms with E-state index in [1.807, 2.05) is 0 Å². The number of para-hydroxylation sites is 2. The van der Waals surface area contributed by atoms with E-state index in [2.05, 4.69) is 128 Å². The van der Waals surface area contributed by atoms with Gasteiger partial charge in [-0.2, -0.15) is 4.57 Å². The lowest BCUT2D eigenvalue weighted by atomic mass is 9.99. The summed E-state index contributed by atoms with van der Waals surface area (Å²) in [6.45, 7) is 8.46. The minimum Gasteiger partial charge on any atom is -0.348 e. The molecule has 1 aliphatic heterocycles. The highest BCUT2D eigenvalue weighted by Crippen LogP contribution is 2.32. The van der Waals surface area contributed by atoms with Crippen LogP contribution in [0.3, 0.4) is 0 Å². The first-order chi connectivity index (χ1) is 14.7. The van der Waals surface area contributed by atoms with Gasteiger partial charge in [0.05, 0.1) is 5.39 Å². The van der Waals surface area contributed by atoms with Crippen molar-refractivity contribution in [3.05, 3.63) is 108 Å². The van der Waals surface area contributed by atoms with Gasteiger partial charge in [0, 0.05) is 36.1 Å². The number of aryl methyl sites for hydroxylation is 1. The van der Waals surface area contributed by atoms with Gasteiger partial charge in [0.1, 0.15) is 6.54 Å². The van der Waals surface area contributed by atoms with Crippen molar-refractivity contribution in [1.82, 2.24) is 0 Å². The summed E-state index contributed by atoms with van der Waals surface area (Å²) in [6.07, 6.45) is 15.4. The zero-order valence-corrected chi connectivity index (χ0v) is 18.0. The average Bonchev–Trinajstić information content (AvgIpc) is 2.80. The highest BCUT2D eigenvalue weighted by Gasteiger charge is 2.13. The van der Waals surface area contributed by atoms with Crippen LogP contribution in [0.1, 0.15) is 31.9 Å². The van der Waals surface area contributed by atoms with E-state index in [9.17, 15) is 0 Å². The Hall–Kier alpha value is -3.39. The second-order valence-electron chi connectivity index (χ2n) is 7.56. The minimum absolute atomic E-state index is 0.974. The van der Waals surface area contributed by atoms with Gasteiger partial charge in [0.2, 0.25) is 5.52 Å². The van der Waals surface area contributed by atoms with Crippen LogP contribution in [0.25, 0.3) is 22.6 Å². The maximum Gasteiger partial charge on any atom is 0.213 e. The second kappa shape index (κ2) is 8.96. The van der Waals surface area contributed by atoms with Gasteiger partial charge >= 0.3 is 0 Å². The van der Waals surface area contributed by atoms with E-state index < -0.39 is 0 Å². The number of nitrogens with zero attached hydrogens (tertiary/aromatic N) is 2. The Balaban J connectivity index is 1.62. The van der Waals surface area contributed by atoms with E-state index in [0.29, 0.717) is 0 Å². The summed E-state index contributed by atoms with van der Waals surface area (Å²) in [6, 6.07) is 19.4. The summed E-state index contributed by atoms with van der Waals surface area (Å²) in [5, 5.41) is 1.29. The number of anilines is 1. The van der Waals surface area contributed by atoms with Crippen LogP contribution < -0.4 is 9.47 Å². The first-order valence-corrected chi connectivity index (χ1v) is 10.7. The highest BCUT2D eigenvalue weighted by atomic mass is 15.1. The molecule has 0 saturated carbocycles. The van der Waals surface area contributed by atoms with E-state index in [0.717, 1.165) is 13.1 Å². The number of rotatable bonds is 5. The van der Waals surface area contributed by atoms with Crippen molar-refractivity contribution in [2.45, 2.75) is 27.3 Å². The fourth-order valence-corrected chi connectivity index (χ4v) is 3.96. The van der Waals surface area contributed by atoms with Gasteiger partial charge in [-0.1, -0.05) is 60.2 Å². The molecule has 4 rings (SSSR count). The van der Waals surface area contributed by atoms with Crippen molar-refractivity contribution < 1.29 is 4.57 Å². The lowest BCUT2D eigenvalue weighted by Gasteiger charge is -2.26. The molecule has 0 atom stereocenters. The van der Waals surface area contributed by atoms with E-state index in [1.54, 1.807) is 0 Å². The molecule has 150 valence electrons. The molecule has 2 nitrogen and oxygen atoms in total. The lowest BCUT2D eigenvalue weighted by Crippen LogP contribution is -2.32. The lowest BCUT2D eigenvalue weighted by molar-refractivity contribution is -0.667. The molecule has 0 spiro atoms. The van der Waals surface area contributed by atoms with Gasteiger partial charge in [0.25, 0.3) is 0 Å². The zero-order valence-electron chi connectivity index (χ0n) is 18.0. The van der Waals surface area contributed by atoms with Crippen LogP contribution in [0, 0.1) is 0 Å². The van der Waals surface area contributed by atoms with E-state index in [1.165, 1.54) is 38.9 Å². The number of benzene rings is 2. The standard InChI is InChI=1S/C28H29N2/c1-4-29-20-18-23(25-10-6-8-12-27(25)29)16-14-22(3)15-17-24-19-21-30(5-2)28-13-9-7-11-26(24)28/h6-21H,4-5H2,1-3H3/q+1. The second-order valence-corrected chi connectivity index (χ2v) is 7.56. The molecule has 0 saturated heterocycles. The topological polar surface area (TPSA) is 7.12 Å². The fourth-order valence-electron chi connectivity index (χ4n) is 3.96. The van der Waals surface area contributed by atoms with E-state index in [4.69, 9.17) is 0 Å². The zero-order chi connectivity index (χ0) is 20.9. The predicted octanol–water partition coefficient (Wildman–Crippen LogP) is 6.54. The normalized spacial score (nSPS) is 15.4. The Morgan fingerprint density at radius 2 is 1.80 bits per heavy atom. The number of fused-ring (bicyclic) bond motifs is 2. The van der Waals surface area contributed by atoms with Crippen molar-refractivity contribution in [1.29, 1.82) is 0 Å². The van der Waals surface area contributed by atoms with Gasteiger partial charge in [-0.05, 0) is 50.1 Å². The van der Waals surface area contributed by atoms with E-state index in [-0.39, 0.29) is 0 Å². The summed E-state index contributed by atoms with van der Waals surface area (Å²) >= 11 is 0. The molecule has 0 bridgehead atoms. The molecular formula is C28H29N2+. The van der Waals surface area contributed by atoms with Crippen LogP contribution >= 0.6 is 0 Å². The van der Waals surface area contributed by atoms with E-state index >= 15 is 0 Å². The molecule has 0 amide bonds. The summed E-state index contributed by atoms with van der Waals surface area (Å²) in [7, 11) is 0. The third kappa shape index (κ3) is 3.99. The van der Waals surface area contributed by atoms with Gasteiger partial charge < -0.3 is 4.90 Å². The Labute approximate surface area is 179 Å². The SMILES string of the molecule is CCN1C=C/C(=C/C=C(C)/C=C/c2cc[n+](CC)c3ccccc23)c2ccccc21. The van der Waals surface area contributed by atoms with Crippen molar-refractivity contribution in [2.75, 3.05) is 11.4 Å². The van der Waals surface area contributed by atoms with Gasteiger partial charge in [0.15, 0.2) is 6.20 Å². The molecule has 0 fully saturated rings. The molecule has 1 aliphatic rings. The van der Waals surface area contributed by atoms with Crippen LogP contribution in [0.5, 0.6) is 0 Å². The maximum atomic E-state index is 2.28. The van der Waals surface area contributed by atoms with Crippen molar-refractivity contribution in [2.24, 2.45) is 0 Å². The van der Waals surface area contributed by atoms with Crippen LogP contribution in [0.2, 0.25) is 0 Å². The number of aromatic nitrogens is 1. The first kappa shape index (κ1) is 19.9. The quantitative estimate of drug-likeness (QED) is 0.352. The molecule has 2 heteroatoms. The van der Waals surface area contributed by atoms with Crippen molar-refractivity contribution >= 4 is 28.2 Å². The minimum atomic E-state index is 0.974. The van der Waals surface area contributed by atoms with Crippen LogP contribution in [-0.2, 0) is 6.54 Å². The summed E-state index contributed by atoms with van der Waals surface area (Å²) in [5.74, 6) is 0. The van der Waals surface area contributed by atoms with Crippen molar-refractivity contribution in [3.8, 4) is 0 Å². The van der Waals surface area contributed by atoms with Crippen LogP contribution in [-0.4, -0.2) is 6.54 Å². The molecule has 2 aromatic carbocycles. The Kier molecular flexibility index (Phi) is 5.94. The molecule has 2 heterocycles. The van der Waals surface area contributed by atoms with Crippen molar-refractivity contribution in [3.63, 3.8) is 0 Å². The average molecular weight is 394 g/mol. The molecule has 0 radical (unpaired) electrons. The maximum absolute atomic E-state index is 2.28. The van der Waals surface area contributed by atoms with Gasteiger partial charge in [-0.3, -0.25) is 0 Å². The predicted molar refractivity (Wildman–Crippen MR) is 129 cm³/mol. The molecule has 0 unspecified atom stereocenters. The fraction of sp³-hybridized carbons (Fsp3) is 0.179. The first-order valence-electron chi connectivity index (χ1n) is 10.7. The van der Waals surface area contributed by atoms with Crippen LogP contribution in [0.15, 0.2) is 96.9 Å². The Morgan fingerprint density at radius 3 is 2.63 bits per heavy atom. The third-order valence-electron chi connectivity index (χ3n) is 5.65. The number of allylic oxidation sites excluding steroid dienone is 6. The third-order valence-corrected chi connectivity index (χ3v) is 5.65. The summed E-state index contributed by atoms with van der Waals surface area (Å²) in [5.41, 5.74) is 7.55. The smallest absolute Gasteiger partial charge is 0.213 e. The highest BCUT2D eigenvalue weighted by molar-refractivity contribution is 5.87. The largest absolute Gasteiger partial charge is 0.348 e. The number of hydrogen-bond acceptors (Lipinski definition) is 1. The summed E-state index contributed by atoms with van der Waals surface area (Å²) in [4.78, 5) is 2.28.